The molecular weight excluding hydrogens is 411 g/mol. The van der Waals surface area contributed by atoms with Gasteiger partial charge >= 0.3 is 0 Å². The van der Waals surface area contributed by atoms with Gasteiger partial charge in [0.05, 0.1) is 5.54 Å². The highest BCUT2D eigenvalue weighted by Crippen LogP contribution is 2.33. The van der Waals surface area contributed by atoms with Crippen molar-refractivity contribution in [2.75, 3.05) is 0 Å². The summed E-state index contributed by atoms with van der Waals surface area (Å²) in [6.45, 7) is 9.40. The summed E-state index contributed by atoms with van der Waals surface area (Å²) >= 11 is 12.1. The van der Waals surface area contributed by atoms with Crippen LogP contribution in [0.3, 0.4) is 0 Å². The van der Waals surface area contributed by atoms with Crippen LogP contribution in [-0.4, -0.2) is 28.5 Å². The molecule has 3 rings (SSSR count). The third kappa shape index (κ3) is 4.51. The first-order valence-corrected chi connectivity index (χ1v) is 10.1. The lowest BCUT2D eigenvalue weighted by Crippen LogP contribution is -2.56. The van der Waals surface area contributed by atoms with Crippen molar-refractivity contribution in [3.63, 3.8) is 0 Å². The summed E-state index contributed by atoms with van der Waals surface area (Å²) in [6, 6.07) is 8.14. The van der Waals surface area contributed by atoms with Crippen LogP contribution in [0, 0.1) is 6.92 Å². The van der Waals surface area contributed by atoms with Crippen LogP contribution in [0.15, 0.2) is 30.3 Å². The number of hydrazine groups is 1. The minimum Gasteiger partial charge on any atom is -0.490 e. The minimum atomic E-state index is -0.677. The van der Waals surface area contributed by atoms with Crippen molar-refractivity contribution in [3.8, 4) is 5.75 Å². The van der Waals surface area contributed by atoms with E-state index < -0.39 is 11.4 Å². The number of carbonyl (C=O) groups excluding carboxylic acids is 2. The summed E-state index contributed by atoms with van der Waals surface area (Å²) in [6.07, 6.45) is 0.841. The van der Waals surface area contributed by atoms with Gasteiger partial charge in [0.25, 0.3) is 11.8 Å². The number of hydrogen-bond donors (Lipinski definition) is 1. The van der Waals surface area contributed by atoms with Crippen LogP contribution in [-0.2, 0) is 6.42 Å². The molecule has 2 amide bonds. The Morgan fingerprint density at radius 1 is 1.14 bits per heavy atom. The van der Waals surface area contributed by atoms with Gasteiger partial charge in [0.1, 0.15) is 11.9 Å². The molecule has 1 unspecified atom stereocenters. The van der Waals surface area contributed by atoms with E-state index >= 15 is 0 Å². The molecule has 2 aromatic carbocycles. The highest BCUT2D eigenvalue weighted by Gasteiger charge is 2.31. The summed E-state index contributed by atoms with van der Waals surface area (Å²) < 4.78 is 5.75. The Labute approximate surface area is 180 Å². The van der Waals surface area contributed by atoms with Crippen LogP contribution in [0.1, 0.15) is 59.5 Å². The van der Waals surface area contributed by atoms with E-state index in [1.165, 1.54) is 17.1 Å². The van der Waals surface area contributed by atoms with E-state index in [1.807, 2.05) is 34.6 Å². The molecule has 0 saturated carbocycles. The van der Waals surface area contributed by atoms with E-state index in [1.54, 1.807) is 18.2 Å². The summed E-state index contributed by atoms with van der Waals surface area (Å²) in [5.41, 5.74) is 4.78. The molecule has 1 aliphatic heterocycles. The molecule has 1 heterocycles. The molecule has 0 aromatic heterocycles. The number of hydrogen-bond acceptors (Lipinski definition) is 3. The van der Waals surface area contributed by atoms with E-state index in [2.05, 4.69) is 5.43 Å². The van der Waals surface area contributed by atoms with E-state index in [9.17, 15) is 9.59 Å². The molecule has 1 atom stereocenters. The largest absolute Gasteiger partial charge is 0.490 e. The van der Waals surface area contributed by atoms with Gasteiger partial charge in [-0.15, -0.1) is 0 Å². The molecule has 2 aromatic rings. The Kier molecular flexibility index (Phi) is 5.84. The van der Waals surface area contributed by atoms with E-state index in [0.29, 0.717) is 21.2 Å². The van der Waals surface area contributed by atoms with Gasteiger partial charge in [0.15, 0.2) is 0 Å². The quantitative estimate of drug-likeness (QED) is 0.659. The van der Waals surface area contributed by atoms with Crippen LogP contribution >= 0.6 is 23.2 Å². The molecule has 0 radical (unpaired) electrons. The summed E-state index contributed by atoms with van der Waals surface area (Å²) in [5.74, 6) is 0.0520. The second kappa shape index (κ2) is 7.88. The van der Waals surface area contributed by atoms with Gasteiger partial charge in [-0.05, 0) is 70.5 Å². The number of nitrogens with one attached hydrogen (secondary N) is 1. The molecule has 0 saturated heterocycles. The first-order chi connectivity index (χ1) is 13.5. The first kappa shape index (κ1) is 21.5. The van der Waals surface area contributed by atoms with E-state index in [4.69, 9.17) is 27.9 Å². The molecule has 1 N–H and O–H groups in total. The molecule has 5 nitrogen and oxygen atoms in total. The minimum absolute atomic E-state index is 0.0854. The smallest absolute Gasteiger partial charge is 0.272 e. The van der Waals surface area contributed by atoms with E-state index in [0.717, 1.165) is 23.3 Å². The third-order valence-corrected chi connectivity index (χ3v) is 5.25. The Bertz CT molecular complexity index is 963. The van der Waals surface area contributed by atoms with Gasteiger partial charge in [-0.25, -0.2) is 5.01 Å². The predicted molar refractivity (Wildman–Crippen MR) is 115 cm³/mol. The van der Waals surface area contributed by atoms with Gasteiger partial charge in [0, 0.05) is 33.2 Å². The normalized spacial score (nSPS) is 15.5. The average Bonchev–Trinajstić information content (AvgIpc) is 2.98. The maximum absolute atomic E-state index is 13.2. The molecule has 0 fully saturated rings. The Hall–Kier alpha value is -2.24. The molecule has 0 aliphatic carbocycles. The average molecular weight is 435 g/mol. The summed E-state index contributed by atoms with van der Waals surface area (Å²) in [4.78, 5) is 26.2. The fourth-order valence-electron chi connectivity index (χ4n) is 3.38. The third-order valence-electron chi connectivity index (χ3n) is 4.82. The second-order valence-electron chi connectivity index (χ2n) is 8.26. The van der Waals surface area contributed by atoms with Gasteiger partial charge < -0.3 is 4.74 Å². The van der Waals surface area contributed by atoms with Gasteiger partial charge in [0.2, 0.25) is 0 Å². The predicted octanol–water partition coefficient (Wildman–Crippen LogP) is 5.21. The number of rotatable bonds is 2. The number of carbonyl (C=O) groups is 2. The van der Waals surface area contributed by atoms with Crippen molar-refractivity contribution in [2.45, 2.75) is 52.7 Å². The monoisotopic (exact) mass is 434 g/mol. The standard InChI is InChI=1S/C22H24Cl2N2O3/c1-12-8-18-13(2)17(6-7-19(18)29-12)20(27)25-26(22(3,4)5)21(28)14-9-15(23)11-16(24)10-14/h6-7,9-12H,8H2,1-5H3,(H,25,27). The van der Waals surface area contributed by atoms with Gasteiger partial charge in [-0.3, -0.25) is 15.0 Å². The lowest BCUT2D eigenvalue weighted by Gasteiger charge is -2.35. The van der Waals surface area contributed by atoms with Crippen molar-refractivity contribution in [1.29, 1.82) is 0 Å². The van der Waals surface area contributed by atoms with Crippen LogP contribution in [0.4, 0.5) is 0 Å². The Morgan fingerprint density at radius 2 is 1.76 bits per heavy atom. The Morgan fingerprint density at radius 3 is 2.34 bits per heavy atom. The molecule has 0 spiro atoms. The number of amides is 2. The van der Waals surface area contributed by atoms with Crippen molar-refractivity contribution in [2.24, 2.45) is 0 Å². The van der Waals surface area contributed by atoms with Gasteiger partial charge in [-0.2, -0.15) is 0 Å². The van der Waals surface area contributed by atoms with Crippen molar-refractivity contribution >= 4 is 35.0 Å². The lowest BCUT2D eigenvalue weighted by molar-refractivity contribution is 0.0358. The summed E-state index contributed by atoms with van der Waals surface area (Å²) in [7, 11) is 0. The fourth-order valence-corrected chi connectivity index (χ4v) is 3.91. The fraction of sp³-hybridized carbons (Fsp3) is 0.364. The summed E-state index contributed by atoms with van der Waals surface area (Å²) in [5, 5.41) is 2.01. The molecular formula is C22H24Cl2N2O3. The zero-order valence-corrected chi connectivity index (χ0v) is 18.6. The second-order valence-corrected chi connectivity index (χ2v) is 9.13. The molecule has 154 valence electrons. The maximum atomic E-state index is 13.2. The van der Waals surface area contributed by atoms with Crippen molar-refractivity contribution < 1.29 is 14.3 Å². The topological polar surface area (TPSA) is 58.6 Å². The maximum Gasteiger partial charge on any atom is 0.272 e. The highest BCUT2D eigenvalue weighted by molar-refractivity contribution is 6.35. The lowest BCUT2D eigenvalue weighted by atomic mass is 9.98. The Balaban J connectivity index is 1.91. The number of benzene rings is 2. The number of nitrogens with zero attached hydrogens (tertiary/aromatic N) is 1. The molecule has 0 bridgehead atoms. The first-order valence-electron chi connectivity index (χ1n) is 9.38. The van der Waals surface area contributed by atoms with Crippen LogP contribution in [0.2, 0.25) is 10.0 Å². The van der Waals surface area contributed by atoms with Crippen LogP contribution in [0.25, 0.3) is 0 Å². The molecule has 1 aliphatic rings. The van der Waals surface area contributed by atoms with Crippen LogP contribution < -0.4 is 10.2 Å². The zero-order valence-electron chi connectivity index (χ0n) is 17.1. The molecule has 29 heavy (non-hydrogen) atoms. The number of fused-ring (bicyclic) bond motifs is 1. The molecule has 7 heteroatoms. The highest BCUT2D eigenvalue weighted by atomic mass is 35.5. The van der Waals surface area contributed by atoms with Crippen molar-refractivity contribution in [3.05, 3.63) is 62.6 Å². The van der Waals surface area contributed by atoms with E-state index in [-0.39, 0.29) is 12.0 Å². The zero-order chi connectivity index (χ0) is 21.5. The number of ether oxygens (including phenoxy) is 1. The number of halogens is 2. The van der Waals surface area contributed by atoms with Gasteiger partial charge in [-0.1, -0.05) is 23.2 Å². The van der Waals surface area contributed by atoms with Crippen molar-refractivity contribution in [1.82, 2.24) is 10.4 Å². The van der Waals surface area contributed by atoms with Crippen LogP contribution in [0.5, 0.6) is 5.75 Å². The SMILES string of the molecule is Cc1c(C(=O)NN(C(=O)c2cc(Cl)cc(Cl)c2)C(C)(C)C)ccc2c1CC(C)O2.